The van der Waals surface area contributed by atoms with Gasteiger partial charge < -0.3 is 14.8 Å². The molecule has 1 N–H and O–H groups in total. The molecule has 0 unspecified atom stereocenters. The summed E-state index contributed by atoms with van der Waals surface area (Å²) >= 11 is 5.88. The number of hydrogen-bond donors (Lipinski definition) is 1. The van der Waals surface area contributed by atoms with Gasteiger partial charge in [-0.2, -0.15) is 5.26 Å². The third-order valence-corrected chi connectivity index (χ3v) is 3.84. The molecule has 6 heteroatoms. The fraction of sp³-hybridized carbons (Fsp3) is 0.238. The Balaban J connectivity index is 2.17. The van der Waals surface area contributed by atoms with Crippen LogP contribution in [0.4, 0.5) is 0 Å². The van der Waals surface area contributed by atoms with E-state index in [1.807, 2.05) is 32.0 Å². The predicted octanol–water partition coefficient (Wildman–Crippen LogP) is 4.36. The average molecular weight is 385 g/mol. The van der Waals surface area contributed by atoms with Crippen LogP contribution in [0.5, 0.6) is 11.5 Å². The van der Waals surface area contributed by atoms with Gasteiger partial charge in [-0.15, -0.1) is 0 Å². The van der Waals surface area contributed by atoms with Gasteiger partial charge in [0, 0.05) is 11.1 Å². The zero-order valence-corrected chi connectivity index (χ0v) is 16.2. The van der Waals surface area contributed by atoms with Crippen molar-refractivity contribution < 1.29 is 14.3 Å². The van der Waals surface area contributed by atoms with Gasteiger partial charge in [0.1, 0.15) is 18.2 Å². The summed E-state index contributed by atoms with van der Waals surface area (Å²) in [5.74, 6) is 0.670. The smallest absolute Gasteiger partial charge is 0.262 e. The summed E-state index contributed by atoms with van der Waals surface area (Å²) in [4.78, 5) is 12.0. The molecule has 5 nitrogen and oxygen atoms in total. The van der Waals surface area contributed by atoms with Crippen molar-refractivity contribution in [2.45, 2.75) is 26.5 Å². The van der Waals surface area contributed by atoms with Gasteiger partial charge in [0.25, 0.3) is 5.91 Å². The maximum Gasteiger partial charge on any atom is 0.262 e. The molecule has 27 heavy (non-hydrogen) atoms. The second-order valence-electron chi connectivity index (χ2n) is 6.12. The average Bonchev–Trinajstić information content (AvgIpc) is 2.65. The number of hydrogen-bond acceptors (Lipinski definition) is 4. The van der Waals surface area contributed by atoms with E-state index in [9.17, 15) is 10.1 Å². The highest BCUT2D eigenvalue weighted by molar-refractivity contribution is 6.30. The first-order valence-corrected chi connectivity index (χ1v) is 8.78. The van der Waals surface area contributed by atoms with Crippen LogP contribution in [0.15, 0.2) is 48.0 Å². The van der Waals surface area contributed by atoms with Gasteiger partial charge in [0.05, 0.1) is 7.11 Å². The normalized spacial score (nSPS) is 11.0. The largest absolute Gasteiger partial charge is 0.493 e. The van der Waals surface area contributed by atoms with Crippen molar-refractivity contribution in [1.29, 1.82) is 5.26 Å². The molecule has 0 aliphatic carbocycles. The molecule has 0 saturated carbocycles. The number of ether oxygens (including phenoxy) is 2. The lowest BCUT2D eigenvalue weighted by molar-refractivity contribution is -0.117. The van der Waals surface area contributed by atoms with Crippen LogP contribution in [-0.4, -0.2) is 19.1 Å². The number of methoxy groups -OCH3 is 1. The lowest BCUT2D eigenvalue weighted by Crippen LogP contribution is -2.30. The Morgan fingerprint density at radius 1 is 1.22 bits per heavy atom. The van der Waals surface area contributed by atoms with Crippen LogP contribution in [-0.2, 0) is 11.4 Å². The molecule has 0 aliphatic rings. The molecule has 0 aromatic heterocycles. The highest BCUT2D eigenvalue weighted by Crippen LogP contribution is 2.29. The molecule has 0 saturated heterocycles. The monoisotopic (exact) mass is 384 g/mol. The van der Waals surface area contributed by atoms with Crippen LogP contribution in [0.3, 0.4) is 0 Å². The summed E-state index contributed by atoms with van der Waals surface area (Å²) in [5, 5.41) is 12.6. The summed E-state index contributed by atoms with van der Waals surface area (Å²) in [7, 11) is 1.54. The predicted molar refractivity (Wildman–Crippen MR) is 106 cm³/mol. The van der Waals surface area contributed by atoms with Gasteiger partial charge in [-0.25, -0.2) is 0 Å². The Hall–Kier alpha value is -2.97. The van der Waals surface area contributed by atoms with Crippen molar-refractivity contribution in [2.75, 3.05) is 7.11 Å². The van der Waals surface area contributed by atoms with Gasteiger partial charge in [-0.3, -0.25) is 4.79 Å². The number of rotatable bonds is 7. The fourth-order valence-electron chi connectivity index (χ4n) is 2.29. The van der Waals surface area contributed by atoms with Crippen molar-refractivity contribution in [1.82, 2.24) is 5.32 Å². The van der Waals surface area contributed by atoms with Crippen LogP contribution in [0, 0.1) is 11.3 Å². The van der Waals surface area contributed by atoms with Crippen LogP contribution >= 0.6 is 11.6 Å². The Kier molecular flexibility index (Phi) is 7.27. The van der Waals surface area contributed by atoms with E-state index in [1.54, 1.807) is 30.3 Å². The van der Waals surface area contributed by atoms with Crippen molar-refractivity contribution in [2.24, 2.45) is 0 Å². The molecular weight excluding hydrogens is 364 g/mol. The van der Waals surface area contributed by atoms with Crippen molar-refractivity contribution in [3.05, 3.63) is 64.2 Å². The van der Waals surface area contributed by atoms with E-state index in [1.165, 1.54) is 13.2 Å². The number of amides is 1. The van der Waals surface area contributed by atoms with Crippen LogP contribution < -0.4 is 14.8 Å². The maximum atomic E-state index is 12.0. The first kappa shape index (κ1) is 20.3. The van der Waals surface area contributed by atoms with Gasteiger partial charge >= 0.3 is 0 Å². The standard InChI is InChI=1S/C21H21ClN2O3/c1-14(2)24-21(25)17(12-23)10-16-6-9-19(20(11-16)26-3)27-13-15-4-7-18(22)8-5-15/h4-11,14H,13H2,1-3H3,(H,24,25)/b17-10+. The van der Waals surface area contributed by atoms with Gasteiger partial charge in [-0.05, 0) is 55.3 Å². The number of nitrogens with one attached hydrogen (secondary N) is 1. The van der Waals surface area contributed by atoms with E-state index >= 15 is 0 Å². The Morgan fingerprint density at radius 2 is 1.93 bits per heavy atom. The second-order valence-corrected chi connectivity index (χ2v) is 6.56. The van der Waals surface area contributed by atoms with Gasteiger partial charge in [0.2, 0.25) is 0 Å². The Bertz CT molecular complexity index is 868. The molecule has 0 radical (unpaired) electrons. The minimum absolute atomic E-state index is 0.0283. The molecule has 0 atom stereocenters. The molecule has 2 rings (SSSR count). The van der Waals surface area contributed by atoms with E-state index in [0.29, 0.717) is 28.7 Å². The molecular formula is C21H21ClN2O3. The molecule has 1 amide bonds. The fourth-order valence-corrected chi connectivity index (χ4v) is 2.42. The SMILES string of the molecule is COc1cc(/C=C(\C#N)C(=O)NC(C)C)ccc1OCc1ccc(Cl)cc1. The molecule has 0 spiro atoms. The topological polar surface area (TPSA) is 71.3 Å². The lowest BCUT2D eigenvalue weighted by Gasteiger charge is -2.12. The van der Waals surface area contributed by atoms with Gasteiger partial charge in [0.15, 0.2) is 11.5 Å². The van der Waals surface area contributed by atoms with Crippen molar-refractivity contribution in [3.63, 3.8) is 0 Å². The number of halogens is 1. The molecule has 0 heterocycles. The highest BCUT2D eigenvalue weighted by Gasteiger charge is 2.11. The second kappa shape index (κ2) is 9.65. The van der Waals surface area contributed by atoms with E-state index in [0.717, 1.165) is 5.56 Å². The minimum Gasteiger partial charge on any atom is -0.493 e. The minimum atomic E-state index is -0.408. The van der Waals surface area contributed by atoms with E-state index in [4.69, 9.17) is 21.1 Å². The molecule has 0 aliphatic heterocycles. The Morgan fingerprint density at radius 3 is 2.52 bits per heavy atom. The number of benzene rings is 2. The van der Waals surface area contributed by atoms with E-state index in [2.05, 4.69) is 5.32 Å². The quantitative estimate of drug-likeness (QED) is 0.568. The van der Waals surface area contributed by atoms with Crippen molar-refractivity contribution >= 4 is 23.6 Å². The third-order valence-electron chi connectivity index (χ3n) is 3.59. The molecule has 0 fully saturated rings. The zero-order valence-electron chi connectivity index (χ0n) is 15.5. The van der Waals surface area contributed by atoms with Crippen LogP contribution in [0.1, 0.15) is 25.0 Å². The van der Waals surface area contributed by atoms with E-state index in [-0.39, 0.29) is 11.6 Å². The van der Waals surface area contributed by atoms with Gasteiger partial charge in [-0.1, -0.05) is 29.8 Å². The summed E-state index contributed by atoms with van der Waals surface area (Å²) < 4.78 is 11.2. The van der Waals surface area contributed by atoms with Crippen LogP contribution in [0.2, 0.25) is 5.02 Å². The summed E-state index contributed by atoms with van der Waals surface area (Å²) in [5.41, 5.74) is 1.67. The van der Waals surface area contributed by atoms with Crippen LogP contribution in [0.25, 0.3) is 6.08 Å². The first-order chi connectivity index (χ1) is 12.9. The first-order valence-electron chi connectivity index (χ1n) is 8.41. The molecule has 0 bridgehead atoms. The maximum absolute atomic E-state index is 12.0. The lowest BCUT2D eigenvalue weighted by atomic mass is 10.1. The number of nitrogens with zero attached hydrogens (tertiary/aromatic N) is 1. The Labute approximate surface area is 164 Å². The molecule has 2 aromatic carbocycles. The van der Waals surface area contributed by atoms with E-state index < -0.39 is 5.91 Å². The molecule has 2 aromatic rings. The summed E-state index contributed by atoms with van der Waals surface area (Å²) in [6.45, 7) is 4.04. The zero-order chi connectivity index (χ0) is 19.8. The highest BCUT2D eigenvalue weighted by atomic mass is 35.5. The number of carbonyl (C=O) groups is 1. The summed E-state index contributed by atoms with van der Waals surface area (Å²) in [6, 6.07) is 14.5. The number of nitriles is 1. The number of carbonyl (C=O) groups excluding carboxylic acids is 1. The van der Waals surface area contributed by atoms with Crippen molar-refractivity contribution in [3.8, 4) is 17.6 Å². The summed E-state index contributed by atoms with van der Waals surface area (Å²) in [6.07, 6.45) is 1.52. The molecule has 140 valence electrons. The third kappa shape index (κ3) is 6.05.